The molecule has 0 atom stereocenters. The van der Waals surface area contributed by atoms with Crippen LogP contribution in [0.1, 0.15) is 46.5 Å². The number of hydrogen-bond donors (Lipinski definition) is 1. The third-order valence-corrected chi connectivity index (χ3v) is 6.31. The van der Waals surface area contributed by atoms with E-state index in [0.29, 0.717) is 47.3 Å². The zero-order valence-corrected chi connectivity index (χ0v) is 20.0. The van der Waals surface area contributed by atoms with Crippen molar-refractivity contribution >= 4 is 35.2 Å². The second kappa shape index (κ2) is 9.49. The molecule has 34 heavy (non-hydrogen) atoms. The molecule has 2 aromatic carbocycles. The van der Waals surface area contributed by atoms with Crippen LogP contribution >= 0.6 is 23.2 Å². The molecule has 0 amide bonds. The quantitative estimate of drug-likeness (QED) is 0.324. The highest BCUT2D eigenvalue weighted by molar-refractivity contribution is 6.31. The number of hydrogen-bond acceptors (Lipinski definition) is 4. The van der Waals surface area contributed by atoms with Crippen LogP contribution in [0.25, 0.3) is 23.2 Å². The molecule has 0 aliphatic heterocycles. The number of benzene rings is 2. The van der Waals surface area contributed by atoms with Crippen molar-refractivity contribution in [3.63, 3.8) is 0 Å². The fourth-order valence-electron chi connectivity index (χ4n) is 4.22. The van der Waals surface area contributed by atoms with E-state index in [9.17, 15) is 4.79 Å². The van der Waals surface area contributed by atoms with Gasteiger partial charge in [-0.2, -0.15) is 0 Å². The number of H-pyrrole nitrogens is 1. The minimum atomic E-state index is -0.429. The minimum absolute atomic E-state index is 0.268. The van der Waals surface area contributed by atoms with E-state index < -0.39 is 5.97 Å². The summed E-state index contributed by atoms with van der Waals surface area (Å²) in [5, 5.41) is 10.5. The Hall–Kier alpha value is -3.35. The first-order valence-electron chi connectivity index (χ1n) is 11.1. The van der Waals surface area contributed by atoms with Gasteiger partial charge in [-0.05, 0) is 43.5 Å². The van der Waals surface area contributed by atoms with E-state index in [1.807, 2.05) is 65.2 Å². The van der Waals surface area contributed by atoms with Gasteiger partial charge in [0, 0.05) is 33.3 Å². The number of carbonyl (C=O) groups excluding carboxylic acids is 1. The highest BCUT2D eigenvalue weighted by atomic mass is 35.5. The molecular weight excluding hydrogens is 471 g/mol. The summed E-state index contributed by atoms with van der Waals surface area (Å²) in [7, 11) is 0. The van der Waals surface area contributed by atoms with Crippen molar-refractivity contribution < 1.29 is 9.53 Å². The van der Waals surface area contributed by atoms with E-state index in [4.69, 9.17) is 27.9 Å². The molecule has 1 aliphatic rings. The lowest BCUT2D eigenvalue weighted by Gasteiger charge is -2.16. The molecule has 0 bridgehead atoms. The van der Waals surface area contributed by atoms with Crippen LogP contribution in [0.5, 0.6) is 0 Å². The molecule has 0 unspecified atom stereocenters. The number of nitrogens with one attached hydrogen (secondary N) is 1. The predicted octanol–water partition coefficient (Wildman–Crippen LogP) is 6.21. The van der Waals surface area contributed by atoms with Crippen LogP contribution in [0, 0.1) is 0 Å². The Kier molecular flexibility index (Phi) is 6.26. The molecule has 2 heterocycles. The Morgan fingerprint density at radius 1 is 1.06 bits per heavy atom. The molecule has 1 aliphatic carbocycles. The summed E-state index contributed by atoms with van der Waals surface area (Å²) < 4.78 is 7.37. The zero-order valence-electron chi connectivity index (χ0n) is 18.5. The highest BCUT2D eigenvalue weighted by Crippen LogP contribution is 2.36. The molecule has 0 radical (unpaired) electrons. The smallest absolute Gasteiger partial charge is 0.356 e. The Morgan fingerprint density at radius 3 is 2.56 bits per heavy atom. The van der Waals surface area contributed by atoms with Crippen LogP contribution in [0.2, 0.25) is 5.02 Å². The lowest BCUT2D eigenvalue weighted by Crippen LogP contribution is -2.13. The maximum atomic E-state index is 13.0. The largest absolute Gasteiger partial charge is 0.461 e. The van der Waals surface area contributed by atoms with E-state index in [-0.39, 0.29) is 6.61 Å². The maximum Gasteiger partial charge on any atom is 0.356 e. The van der Waals surface area contributed by atoms with Gasteiger partial charge in [0.25, 0.3) is 0 Å². The first kappa shape index (κ1) is 22.4. The van der Waals surface area contributed by atoms with E-state index in [1.54, 1.807) is 6.92 Å². The van der Waals surface area contributed by atoms with Gasteiger partial charge in [-0.1, -0.05) is 65.7 Å². The fourth-order valence-corrected chi connectivity index (χ4v) is 4.55. The summed E-state index contributed by atoms with van der Waals surface area (Å²) in [6, 6.07) is 17.4. The van der Waals surface area contributed by atoms with E-state index >= 15 is 0 Å². The van der Waals surface area contributed by atoms with Gasteiger partial charge in [-0.15, -0.1) is 10.2 Å². The molecule has 0 spiro atoms. The number of allylic oxidation sites excluding steroid dienone is 1. The molecule has 1 N–H and O–H groups in total. The first-order valence-corrected chi connectivity index (χ1v) is 11.8. The summed E-state index contributed by atoms with van der Waals surface area (Å²) in [5.74, 6) is 0.924. The summed E-state index contributed by atoms with van der Waals surface area (Å²) >= 11 is 12.4. The van der Waals surface area contributed by atoms with Crippen molar-refractivity contribution in [2.75, 3.05) is 6.61 Å². The van der Waals surface area contributed by atoms with Crippen molar-refractivity contribution in [2.45, 2.75) is 26.2 Å². The van der Waals surface area contributed by atoms with Gasteiger partial charge in [0.05, 0.1) is 12.3 Å². The third kappa shape index (κ3) is 4.27. The molecule has 8 heteroatoms. The number of carbonyl (C=O) groups is 1. The standard InChI is InChI=1S/C26H22Cl2N4O2/c1-2-34-26(33)23-24(20-13-12-19(28)15-21(20)29-23)32-22(14-16-8-10-18(27)11-9-16)30-31-25(32)17-6-4-3-5-7-17/h3-11,15,29H,2,12-14H2,1H3. The van der Waals surface area contributed by atoms with E-state index in [0.717, 1.165) is 27.4 Å². The number of esters is 1. The predicted molar refractivity (Wildman–Crippen MR) is 134 cm³/mol. The normalized spacial score (nSPS) is 12.9. The highest BCUT2D eigenvalue weighted by Gasteiger charge is 2.29. The monoisotopic (exact) mass is 492 g/mol. The van der Waals surface area contributed by atoms with Gasteiger partial charge in [0.1, 0.15) is 11.5 Å². The molecule has 0 saturated heterocycles. The number of nitrogens with zero attached hydrogens (tertiary/aromatic N) is 3. The fraction of sp³-hybridized carbons (Fsp3) is 0.192. The molecule has 6 nitrogen and oxygen atoms in total. The van der Waals surface area contributed by atoms with Gasteiger partial charge >= 0.3 is 5.97 Å². The number of ether oxygens (including phenoxy) is 1. The van der Waals surface area contributed by atoms with Gasteiger partial charge in [-0.3, -0.25) is 4.57 Å². The second-order valence-corrected chi connectivity index (χ2v) is 8.92. The maximum absolute atomic E-state index is 13.0. The molecular formula is C26H22Cl2N4O2. The Labute approximate surface area is 207 Å². The van der Waals surface area contributed by atoms with Crippen LogP contribution in [0.3, 0.4) is 0 Å². The minimum Gasteiger partial charge on any atom is -0.461 e. The van der Waals surface area contributed by atoms with Crippen molar-refractivity contribution in [3.8, 4) is 17.1 Å². The number of aromatic amines is 1. The van der Waals surface area contributed by atoms with Crippen LogP contribution in [0.4, 0.5) is 0 Å². The van der Waals surface area contributed by atoms with Crippen molar-refractivity contribution in [1.29, 1.82) is 0 Å². The van der Waals surface area contributed by atoms with Gasteiger partial charge < -0.3 is 9.72 Å². The van der Waals surface area contributed by atoms with Crippen LogP contribution in [0.15, 0.2) is 59.6 Å². The lowest BCUT2D eigenvalue weighted by atomic mass is 10.0. The molecule has 5 rings (SSSR count). The zero-order chi connectivity index (χ0) is 23.7. The Morgan fingerprint density at radius 2 is 1.82 bits per heavy atom. The number of aromatic nitrogens is 4. The molecule has 0 saturated carbocycles. The SMILES string of the molecule is CCOC(=O)c1[nH]c2c(c1-n1c(Cc3ccc(Cl)cc3)nnc1-c1ccccc1)CCC(Cl)=C2. The Balaban J connectivity index is 1.74. The van der Waals surface area contributed by atoms with Crippen molar-refractivity contribution in [2.24, 2.45) is 0 Å². The number of halogens is 2. The Bertz CT molecular complexity index is 1370. The van der Waals surface area contributed by atoms with E-state index in [2.05, 4.69) is 15.2 Å². The number of rotatable bonds is 6. The topological polar surface area (TPSA) is 72.8 Å². The van der Waals surface area contributed by atoms with Crippen molar-refractivity contribution in [1.82, 2.24) is 19.7 Å². The lowest BCUT2D eigenvalue weighted by molar-refractivity contribution is 0.0520. The summed E-state index contributed by atoms with van der Waals surface area (Å²) in [6.45, 7) is 2.06. The first-order chi connectivity index (χ1) is 16.5. The molecule has 0 fully saturated rings. The van der Waals surface area contributed by atoms with Gasteiger partial charge in [-0.25, -0.2) is 4.79 Å². The van der Waals surface area contributed by atoms with Gasteiger partial charge in [0.2, 0.25) is 0 Å². The molecule has 4 aromatic rings. The summed E-state index contributed by atoms with van der Waals surface area (Å²) in [5.41, 5.74) is 4.79. The molecule has 172 valence electrons. The average molecular weight is 493 g/mol. The average Bonchev–Trinajstić information content (AvgIpc) is 3.41. The summed E-state index contributed by atoms with van der Waals surface area (Å²) in [6.07, 6.45) is 3.76. The molecule has 2 aromatic heterocycles. The van der Waals surface area contributed by atoms with Crippen LogP contribution < -0.4 is 0 Å². The third-order valence-electron chi connectivity index (χ3n) is 5.76. The van der Waals surface area contributed by atoms with Gasteiger partial charge in [0.15, 0.2) is 5.82 Å². The summed E-state index contributed by atoms with van der Waals surface area (Å²) in [4.78, 5) is 16.3. The van der Waals surface area contributed by atoms with Crippen LogP contribution in [-0.4, -0.2) is 32.3 Å². The van der Waals surface area contributed by atoms with Crippen LogP contribution in [-0.2, 0) is 17.6 Å². The second-order valence-electron chi connectivity index (χ2n) is 8.00. The number of fused-ring (bicyclic) bond motifs is 1. The van der Waals surface area contributed by atoms with Crippen molar-refractivity contribution in [3.05, 3.63) is 93.0 Å². The van der Waals surface area contributed by atoms with E-state index in [1.165, 1.54) is 0 Å².